The summed E-state index contributed by atoms with van der Waals surface area (Å²) in [6, 6.07) is 2.04. The molecule has 1 aliphatic heterocycles. The monoisotopic (exact) mass is 308 g/mol. The molecule has 0 unspecified atom stereocenters. The Hall–Kier alpha value is -2.55. The average molecular weight is 308 g/mol. The Bertz CT molecular complexity index is 734. The molecule has 3 heterocycles. The smallest absolute Gasteiger partial charge is 0.227 e. The molecule has 2 fully saturated rings. The molecule has 6 nitrogen and oxygen atoms in total. The summed E-state index contributed by atoms with van der Waals surface area (Å²) in [5, 5.41) is 10.6. The van der Waals surface area contributed by atoms with Crippen LogP contribution in [-0.4, -0.2) is 33.3 Å². The lowest BCUT2D eigenvalue weighted by Crippen LogP contribution is -2.31. The molecule has 0 atom stereocenters. The summed E-state index contributed by atoms with van der Waals surface area (Å²) in [6.45, 7) is 2.01. The summed E-state index contributed by atoms with van der Waals surface area (Å²) in [4.78, 5) is 11.3. The number of hydrogen-bond acceptors (Lipinski definition) is 5. The van der Waals surface area contributed by atoms with Crippen molar-refractivity contribution in [3.8, 4) is 12.3 Å². The molecule has 0 aromatic carbocycles. The summed E-state index contributed by atoms with van der Waals surface area (Å²) < 4.78 is 0. The molecule has 0 radical (unpaired) electrons. The van der Waals surface area contributed by atoms with Gasteiger partial charge in [0.2, 0.25) is 5.95 Å². The first-order valence-electron chi connectivity index (χ1n) is 8.24. The van der Waals surface area contributed by atoms with Crippen molar-refractivity contribution in [1.29, 1.82) is 0 Å². The van der Waals surface area contributed by atoms with Gasteiger partial charge < -0.3 is 10.2 Å². The number of rotatable bonds is 4. The number of nitrogens with one attached hydrogen (secondary N) is 2. The van der Waals surface area contributed by atoms with Crippen LogP contribution in [0.2, 0.25) is 0 Å². The molecule has 1 saturated heterocycles. The van der Waals surface area contributed by atoms with Crippen LogP contribution in [0.5, 0.6) is 0 Å². The first-order valence-corrected chi connectivity index (χ1v) is 8.24. The maximum Gasteiger partial charge on any atom is 0.227 e. The van der Waals surface area contributed by atoms with Crippen LogP contribution in [0.3, 0.4) is 0 Å². The second-order valence-electron chi connectivity index (χ2n) is 6.23. The van der Waals surface area contributed by atoms with Crippen molar-refractivity contribution < 1.29 is 0 Å². The van der Waals surface area contributed by atoms with Gasteiger partial charge in [-0.25, -0.2) is 4.98 Å². The number of anilines is 3. The van der Waals surface area contributed by atoms with E-state index in [1.165, 1.54) is 37.8 Å². The third-order valence-electron chi connectivity index (χ3n) is 4.43. The molecular weight excluding hydrogens is 288 g/mol. The topological polar surface area (TPSA) is 69.7 Å². The minimum Gasteiger partial charge on any atom is -0.341 e. The highest BCUT2D eigenvalue weighted by molar-refractivity contribution is 5.62. The van der Waals surface area contributed by atoms with Gasteiger partial charge in [-0.3, -0.25) is 5.10 Å². The number of aromatic nitrogens is 4. The molecule has 2 aromatic heterocycles. The second-order valence-corrected chi connectivity index (χ2v) is 6.23. The Morgan fingerprint density at radius 1 is 1.26 bits per heavy atom. The predicted molar refractivity (Wildman–Crippen MR) is 89.9 cm³/mol. The number of hydrogen-bond donors (Lipinski definition) is 2. The SMILES string of the molecule is C#Cc1cnc(N2CCCCC2)nc1Nc1cc(C2CC2)[nH]n1. The van der Waals surface area contributed by atoms with E-state index in [0.29, 0.717) is 17.3 Å². The number of H-pyrrole nitrogens is 1. The van der Waals surface area contributed by atoms with Crippen molar-refractivity contribution in [2.45, 2.75) is 38.0 Å². The van der Waals surface area contributed by atoms with Crippen LogP contribution in [0.4, 0.5) is 17.6 Å². The minimum absolute atomic E-state index is 0.638. The van der Waals surface area contributed by atoms with E-state index in [1.807, 2.05) is 6.07 Å². The van der Waals surface area contributed by atoms with E-state index in [-0.39, 0.29) is 0 Å². The van der Waals surface area contributed by atoms with Crippen LogP contribution >= 0.6 is 0 Å². The normalized spacial score (nSPS) is 17.8. The Labute approximate surface area is 135 Å². The fourth-order valence-electron chi connectivity index (χ4n) is 2.95. The highest BCUT2D eigenvalue weighted by Crippen LogP contribution is 2.39. The average Bonchev–Trinajstić information content (AvgIpc) is 3.35. The van der Waals surface area contributed by atoms with E-state index in [1.54, 1.807) is 6.20 Å². The minimum atomic E-state index is 0.638. The molecule has 2 N–H and O–H groups in total. The quantitative estimate of drug-likeness (QED) is 0.850. The standard InChI is InChI=1S/C17H20N6/c1-2-12-11-18-17(23-8-4-3-5-9-23)20-16(12)19-15-10-14(21-22-15)13-6-7-13/h1,10-11,13H,3-9H2,(H2,18,19,20,21,22). The first-order chi connectivity index (χ1) is 11.3. The molecule has 0 amide bonds. The van der Waals surface area contributed by atoms with Gasteiger partial charge in [0.15, 0.2) is 11.6 Å². The first kappa shape index (κ1) is 14.1. The summed E-state index contributed by atoms with van der Waals surface area (Å²) in [6.07, 6.45) is 13.4. The highest BCUT2D eigenvalue weighted by atomic mass is 15.3. The largest absolute Gasteiger partial charge is 0.341 e. The van der Waals surface area contributed by atoms with Crippen LogP contribution in [0.1, 0.15) is 49.3 Å². The molecule has 1 aliphatic carbocycles. The molecule has 2 aromatic rings. The molecule has 6 heteroatoms. The van der Waals surface area contributed by atoms with Crippen LogP contribution in [0.25, 0.3) is 0 Å². The Kier molecular flexibility index (Phi) is 3.62. The second kappa shape index (κ2) is 5.92. The zero-order chi connectivity index (χ0) is 15.6. The highest BCUT2D eigenvalue weighted by Gasteiger charge is 2.25. The van der Waals surface area contributed by atoms with Crippen molar-refractivity contribution >= 4 is 17.6 Å². The summed E-state index contributed by atoms with van der Waals surface area (Å²) in [7, 11) is 0. The summed E-state index contributed by atoms with van der Waals surface area (Å²) in [5.74, 6) is 5.43. The fourth-order valence-corrected chi connectivity index (χ4v) is 2.95. The van der Waals surface area contributed by atoms with Gasteiger partial charge in [-0.1, -0.05) is 5.92 Å². The lowest BCUT2D eigenvalue weighted by molar-refractivity contribution is 0.568. The molecule has 23 heavy (non-hydrogen) atoms. The molecule has 0 bridgehead atoms. The summed E-state index contributed by atoms with van der Waals surface area (Å²) >= 11 is 0. The fraction of sp³-hybridized carbons (Fsp3) is 0.471. The van der Waals surface area contributed by atoms with Gasteiger partial charge in [-0.2, -0.15) is 10.1 Å². The zero-order valence-corrected chi connectivity index (χ0v) is 13.0. The lowest BCUT2D eigenvalue weighted by Gasteiger charge is -2.26. The number of aromatic amines is 1. The maximum absolute atomic E-state index is 5.58. The van der Waals surface area contributed by atoms with Gasteiger partial charge in [0, 0.05) is 30.8 Å². The van der Waals surface area contributed by atoms with Gasteiger partial charge in [-0.15, -0.1) is 6.42 Å². The van der Waals surface area contributed by atoms with E-state index in [2.05, 4.69) is 36.3 Å². The van der Waals surface area contributed by atoms with Gasteiger partial charge in [0.1, 0.15) is 0 Å². The molecule has 118 valence electrons. The van der Waals surface area contributed by atoms with Gasteiger partial charge in [0.05, 0.1) is 11.8 Å². The van der Waals surface area contributed by atoms with E-state index >= 15 is 0 Å². The van der Waals surface area contributed by atoms with Crippen LogP contribution < -0.4 is 10.2 Å². The maximum atomic E-state index is 5.58. The van der Waals surface area contributed by atoms with Crippen molar-refractivity contribution in [2.75, 3.05) is 23.3 Å². The number of piperidine rings is 1. The molecule has 4 rings (SSSR count). The Balaban J connectivity index is 1.58. The number of terminal acetylenes is 1. The third kappa shape index (κ3) is 3.00. The molecule has 1 saturated carbocycles. The lowest BCUT2D eigenvalue weighted by atomic mass is 10.1. The third-order valence-corrected chi connectivity index (χ3v) is 4.43. The summed E-state index contributed by atoms with van der Waals surface area (Å²) in [5.41, 5.74) is 1.83. The predicted octanol–water partition coefficient (Wildman–Crippen LogP) is 2.79. The van der Waals surface area contributed by atoms with Crippen molar-refractivity contribution in [3.63, 3.8) is 0 Å². The van der Waals surface area contributed by atoms with E-state index in [9.17, 15) is 0 Å². The molecule has 0 spiro atoms. The van der Waals surface area contributed by atoms with Gasteiger partial charge in [0.25, 0.3) is 0 Å². The van der Waals surface area contributed by atoms with Crippen molar-refractivity contribution in [2.24, 2.45) is 0 Å². The molecule has 2 aliphatic rings. The number of nitrogens with zero attached hydrogens (tertiary/aromatic N) is 4. The Morgan fingerprint density at radius 2 is 2.09 bits per heavy atom. The van der Waals surface area contributed by atoms with E-state index in [0.717, 1.165) is 24.9 Å². The van der Waals surface area contributed by atoms with Gasteiger partial charge >= 0.3 is 0 Å². The van der Waals surface area contributed by atoms with Crippen molar-refractivity contribution in [1.82, 2.24) is 20.2 Å². The van der Waals surface area contributed by atoms with E-state index in [4.69, 9.17) is 6.42 Å². The van der Waals surface area contributed by atoms with Crippen LogP contribution in [0.15, 0.2) is 12.3 Å². The molecular formula is C17H20N6. The van der Waals surface area contributed by atoms with Crippen molar-refractivity contribution in [3.05, 3.63) is 23.5 Å². The van der Waals surface area contributed by atoms with E-state index < -0.39 is 0 Å². The Morgan fingerprint density at radius 3 is 2.83 bits per heavy atom. The van der Waals surface area contributed by atoms with Crippen LogP contribution in [0, 0.1) is 12.3 Å². The van der Waals surface area contributed by atoms with Gasteiger partial charge in [-0.05, 0) is 32.1 Å². The van der Waals surface area contributed by atoms with Crippen LogP contribution in [-0.2, 0) is 0 Å². The zero-order valence-electron chi connectivity index (χ0n) is 13.0.